The first-order valence-corrected chi connectivity index (χ1v) is 14.2. The van der Waals surface area contributed by atoms with Crippen molar-refractivity contribution in [3.63, 3.8) is 0 Å². The molecule has 1 aromatic rings. The van der Waals surface area contributed by atoms with Crippen molar-refractivity contribution >= 4 is 0 Å². The van der Waals surface area contributed by atoms with Crippen LogP contribution in [-0.4, -0.2) is 24.8 Å². The van der Waals surface area contributed by atoms with Crippen molar-refractivity contribution in [3.05, 3.63) is 35.4 Å². The van der Waals surface area contributed by atoms with E-state index >= 15 is 0 Å². The molecule has 0 radical (unpaired) electrons. The fraction of sp³-hybridized carbons (Fsp3) is 0.800. The van der Waals surface area contributed by atoms with Crippen molar-refractivity contribution in [2.75, 3.05) is 0 Å². The van der Waals surface area contributed by atoms with E-state index in [1.54, 1.807) is 12.1 Å². The van der Waals surface area contributed by atoms with Gasteiger partial charge in [0.25, 0.3) is 6.48 Å². The van der Waals surface area contributed by atoms with E-state index in [-0.39, 0.29) is 18.3 Å². The van der Waals surface area contributed by atoms with Gasteiger partial charge in [-0.15, -0.1) is 0 Å². The SMILES string of the molecule is CCCCCCCCCC(CCCCCCc1ccc(C(F)(F)F)cc1)OC(OC(C)C)OC(C)C. The van der Waals surface area contributed by atoms with Crippen LogP contribution in [0.25, 0.3) is 0 Å². The van der Waals surface area contributed by atoms with Gasteiger partial charge in [-0.25, -0.2) is 0 Å². The van der Waals surface area contributed by atoms with E-state index in [9.17, 15) is 13.2 Å². The minimum absolute atomic E-state index is 0.0261. The van der Waals surface area contributed by atoms with Crippen LogP contribution in [0.1, 0.15) is 129 Å². The number of ether oxygens (including phenoxy) is 3. The summed E-state index contributed by atoms with van der Waals surface area (Å²) in [6.45, 7) is 9.55. The van der Waals surface area contributed by atoms with Gasteiger partial charge in [-0.1, -0.05) is 83.3 Å². The third-order valence-corrected chi connectivity index (χ3v) is 6.22. The second kappa shape index (κ2) is 19.0. The van der Waals surface area contributed by atoms with Crippen LogP contribution < -0.4 is 0 Å². The highest BCUT2D eigenvalue weighted by atomic mass is 19.4. The lowest BCUT2D eigenvalue weighted by Crippen LogP contribution is -2.31. The topological polar surface area (TPSA) is 27.7 Å². The number of benzene rings is 1. The minimum atomic E-state index is -4.27. The molecule has 0 N–H and O–H groups in total. The number of aryl methyl sites for hydroxylation is 1. The highest BCUT2D eigenvalue weighted by Gasteiger charge is 2.29. The molecule has 0 aliphatic rings. The molecule has 1 rings (SSSR count). The number of rotatable bonds is 21. The smallest absolute Gasteiger partial charge is 0.327 e. The van der Waals surface area contributed by atoms with Crippen LogP contribution in [0, 0.1) is 0 Å². The Kier molecular flexibility index (Phi) is 17.4. The summed E-state index contributed by atoms with van der Waals surface area (Å²) in [5.41, 5.74) is 0.377. The van der Waals surface area contributed by atoms with Crippen molar-refractivity contribution in [2.24, 2.45) is 0 Å². The zero-order valence-electron chi connectivity index (χ0n) is 23.4. The van der Waals surface area contributed by atoms with E-state index in [1.165, 1.54) is 50.7 Å². The van der Waals surface area contributed by atoms with E-state index in [2.05, 4.69) is 6.92 Å². The normalized spacial score (nSPS) is 13.3. The summed E-state index contributed by atoms with van der Waals surface area (Å²) in [4.78, 5) is 0. The summed E-state index contributed by atoms with van der Waals surface area (Å²) in [5.74, 6) is 0. The van der Waals surface area contributed by atoms with Crippen LogP contribution in [0.4, 0.5) is 13.2 Å². The highest BCUT2D eigenvalue weighted by Crippen LogP contribution is 2.29. The fourth-order valence-corrected chi connectivity index (χ4v) is 4.22. The average molecular weight is 517 g/mol. The maximum atomic E-state index is 12.7. The molecule has 0 saturated heterocycles. The molecule has 0 aliphatic carbocycles. The number of hydrogen-bond donors (Lipinski definition) is 0. The Morgan fingerprint density at radius 3 is 1.58 bits per heavy atom. The molecule has 0 aromatic heterocycles. The highest BCUT2D eigenvalue weighted by molar-refractivity contribution is 5.24. The van der Waals surface area contributed by atoms with Crippen LogP contribution in [0.15, 0.2) is 24.3 Å². The van der Waals surface area contributed by atoms with Gasteiger partial charge in [0.15, 0.2) is 0 Å². The average Bonchev–Trinajstić information content (AvgIpc) is 2.79. The quantitative estimate of drug-likeness (QED) is 0.120. The second-order valence-corrected chi connectivity index (χ2v) is 10.5. The van der Waals surface area contributed by atoms with E-state index < -0.39 is 18.2 Å². The third-order valence-electron chi connectivity index (χ3n) is 6.22. The van der Waals surface area contributed by atoms with Crippen molar-refractivity contribution in [2.45, 2.75) is 155 Å². The van der Waals surface area contributed by atoms with E-state index in [1.807, 2.05) is 27.7 Å². The van der Waals surface area contributed by atoms with Gasteiger partial charge in [0.2, 0.25) is 0 Å². The summed E-state index contributed by atoms with van der Waals surface area (Å²) in [7, 11) is 0. The zero-order valence-corrected chi connectivity index (χ0v) is 23.4. The second-order valence-electron chi connectivity index (χ2n) is 10.5. The molecule has 1 atom stereocenters. The van der Waals surface area contributed by atoms with Gasteiger partial charge in [-0.05, 0) is 71.1 Å². The molecule has 1 aromatic carbocycles. The van der Waals surface area contributed by atoms with Crippen LogP contribution in [0.2, 0.25) is 0 Å². The Morgan fingerprint density at radius 1 is 0.639 bits per heavy atom. The lowest BCUT2D eigenvalue weighted by atomic mass is 10.0. The predicted molar refractivity (Wildman–Crippen MR) is 142 cm³/mol. The van der Waals surface area contributed by atoms with Crippen molar-refractivity contribution < 1.29 is 27.4 Å². The van der Waals surface area contributed by atoms with Gasteiger partial charge < -0.3 is 14.2 Å². The maximum absolute atomic E-state index is 12.7. The first-order chi connectivity index (χ1) is 17.1. The lowest BCUT2D eigenvalue weighted by molar-refractivity contribution is -0.327. The summed E-state index contributed by atoms with van der Waals surface area (Å²) < 4.78 is 56.2. The summed E-state index contributed by atoms with van der Waals surface area (Å²) in [5, 5.41) is 0. The largest absolute Gasteiger partial charge is 0.416 e. The van der Waals surface area contributed by atoms with Crippen LogP contribution in [0.3, 0.4) is 0 Å². The fourth-order valence-electron chi connectivity index (χ4n) is 4.22. The molecule has 0 bridgehead atoms. The monoisotopic (exact) mass is 516 g/mol. The van der Waals surface area contributed by atoms with Crippen molar-refractivity contribution in [1.29, 1.82) is 0 Å². The summed E-state index contributed by atoms with van der Waals surface area (Å²) in [6.07, 6.45) is 11.8. The van der Waals surface area contributed by atoms with E-state index in [0.29, 0.717) is 0 Å². The van der Waals surface area contributed by atoms with Crippen molar-refractivity contribution in [3.8, 4) is 0 Å². The molecule has 0 spiro atoms. The Balaban J connectivity index is 2.43. The molecule has 0 fully saturated rings. The summed E-state index contributed by atoms with van der Waals surface area (Å²) in [6, 6.07) is 5.54. The molecule has 6 heteroatoms. The van der Waals surface area contributed by atoms with E-state index in [0.717, 1.165) is 56.9 Å². The van der Waals surface area contributed by atoms with Crippen LogP contribution in [0.5, 0.6) is 0 Å². The van der Waals surface area contributed by atoms with Gasteiger partial charge in [-0.3, -0.25) is 0 Å². The van der Waals surface area contributed by atoms with E-state index in [4.69, 9.17) is 14.2 Å². The standard InChI is InChI=1S/C30H51F3O3/c1-6-7-8-9-10-11-15-18-28(36-29(34-24(2)3)35-25(4)5)19-16-13-12-14-17-26-20-22-27(23-21-26)30(31,32)33/h20-25,28-29H,6-19H2,1-5H3. The maximum Gasteiger partial charge on any atom is 0.416 e. The lowest BCUT2D eigenvalue weighted by Gasteiger charge is -2.27. The first-order valence-electron chi connectivity index (χ1n) is 14.2. The third kappa shape index (κ3) is 16.6. The van der Waals surface area contributed by atoms with Crippen LogP contribution >= 0.6 is 0 Å². The molecule has 1 unspecified atom stereocenters. The Labute approximate surface area is 218 Å². The first kappa shape index (κ1) is 32.9. The Morgan fingerprint density at radius 2 is 1.11 bits per heavy atom. The van der Waals surface area contributed by atoms with Gasteiger partial charge in [0, 0.05) is 0 Å². The minimum Gasteiger partial charge on any atom is -0.327 e. The summed E-state index contributed by atoms with van der Waals surface area (Å²) >= 11 is 0. The molecule has 0 aliphatic heterocycles. The molecule has 0 amide bonds. The number of halogens is 3. The molecule has 3 nitrogen and oxygen atoms in total. The van der Waals surface area contributed by atoms with Gasteiger partial charge in [0.05, 0.1) is 23.9 Å². The number of alkyl halides is 3. The molecular weight excluding hydrogens is 465 g/mol. The molecule has 210 valence electrons. The van der Waals surface area contributed by atoms with Gasteiger partial charge >= 0.3 is 6.18 Å². The zero-order chi connectivity index (χ0) is 26.8. The molecule has 36 heavy (non-hydrogen) atoms. The number of unbranched alkanes of at least 4 members (excludes halogenated alkanes) is 9. The Hall–Kier alpha value is -1.11. The van der Waals surface area contributed by atoms with Gasteiger partial charge in [0.1, 0.15) is 0 Å². The van der Waals surface area contributed by atoms with Crippen LogP contribution in [-0.2, 0) is 26.8 Å². The Bertz CT molecular complexity index is 634. The molecule has 0 heterocycles. The van der Waals surface area contributed by atoms with Gasteiger partial charge in [-0.2, -0.15) is 13.2 Å². The van der Waals surface area contributed by atoms with Crippen molar-refractivity contribution in [1.82, 2.24) is 0 Å². The molecule has 0 saturated carbocycles. The number of hydrogen-bond acceptors (Lipinski definition) is 3. The molecular formula is C30H51F3O3. The predicted octanol–water partition coefficient (Wildman–Crippen LogP) is 9.86.